The first-order valence-electron chi connectivity index (χ1n) is 7.17. The fourth-order valence-corrected chi connectivity index (χ4v) is 2.42. The van der Waals surface area contributed by atoms with Gasteiger partial charge in [-0.05, 0) is 33.3 Å². The zero-order valence-corrected chi connectivity index (χ0v) is 12.8. The van der Waals surface area contributed by atoms with Crippen LogP contribution >= 0.6 is 0 Å². The molecule has 0 saturated carbocycles. The molecule has 0 radical (unpaired) electrons. The first-order chi connectivity index (χ1) is 9.44. The zero-order valence-electron chi connectivity index (χ0n) is 12.8. The van der Waals surface area contributed by atoms with Gasteiger partial charge in [0.1, 0.15) is 11.3 Å². The molecule has 0 saturated heterocycles. The molecule has 0 spiro atoms. The van der Waals surface area contributed by atoms with Crippen LogP contribution in [0.2, 0.25) is 0 Å². The molecule has 112 valence electrons. The molecule has 2 atom stereocenters. The summed E-state index contributed by atoms with van der Waals surface area (Å²) in [7, 11) is 0. The van der Waals surface area contributed by atoms with Gasteiger partial charge in [0.05, 0.1) is 6.61 Å². The van der Waals surface area contributed by atoms with Crippen LogP contribution in [0.1, 0.15) is 52.1 Å². The molecule has 0 amide bonds. The fourth-order valence-electron chi connectivity index (χ4n) is 2.42. The van der Waals surface area contributed by atoms with Crippen molar-refractivity contribution in [2.45, 2.75) is 52.1 Å². The van der Waals surface area contributed by atoms with Gasteiger partial charge in [-0.3, -0.25) is 10.1 Å². The van der Waals surface area contributed by atoms with E-state index >= 15 is 0 Å². The molecule has 1 aromatic carbocycles. The van der Waals surface area contributed by atoms with Crippen LogP contribution in [0.4, 0.5) is 0 Å². The number of para-hydroxylation sites is 1. The van der Waals surface area contributed by atoms with Crippen LogP contribution in [0.15, 0.2) is 24.3 Å². The molecule has 0 aliphatic heterocycles. The van der Waals surface area contributed by atoms with Crippen molar-refractivity contribution < 1.29 is 14.6 Å². The predicted molar refractivity (Wildman–Crippen MR) is 80.1 cm³/mol. The summed E-state index contributed by atoms with van der Waals surface area (Å²) in [6.07, 6.45) is 1.40. The minimum absolute atomic E-state index is 0.0922. The minimum atomic E-state index is -0.923. The lowest BCUT2D eigenvalue weighted by Crippen LogP contribution is -2.50. The van der Waals surface area contributed by atoms with E-state index in [0.717, 1.165) is 17.7 Å². The summed E-state index contributed by atoms with van der Waals surface area (Å²) in [5.74, 6) is -0.0145. The molecule has 0 bridgehead atoms. The molecule has 4 nitrogen and oxygen atoms in total. The van der Waals surface area contributed by atoms with Crippen LogP contribution in [0.25, 0.3) is 0 Å². The standard InChI is InChI=1S/C16H25NO3/c1-5-11-16(4,15(18)19)17-12(3)13-9-7-8-10-14(13)20-6-2/h7-10,12,17H,5-6,11H2,1-4H3,(H,18,19). The maximum Gasteiger partial charge on any atom is 0.323 e. The van der Waals surface area contributed by atoms with Crippen molar-refractivity contribution in [3.05, 3.63) is 29.8 Å². The smallest absolute Gasteiger partial charge is 0.323 e. The second-order valence-electron chi connectivity index (χ2n) is 5.22. The third-order valence-corrected chi connectivity index (χ3v) is 3.44. The lowest BCUT2D eigenvalue weighted by atomic mass is 9.93. The first-order valence-corrected chi connectivity index (χ1v) is 7.17. The minimum Gasteiger partial charge on any atom is -0.494 e. The van der Waals surface area contributed by atoms with Crippen LogP contribution < -0.4 is 10.1 Å². The summed E-state index contributed by atoms with van der Waals surface area (Å²) < 4.78 is 5.61. The highest BCUT2D eigenvalue weighted by molar-refractivity contribution is 5.78. The van der Waals surface area contributed by atoms with Crippen molar-refractivity contribution in [3.8, 4) is 5.75 Å². The van der Waals surface area contributed by atoms with E-state index in [1.807, 2.05) is 45.0 Å². The van der Waals surface area contributed by atoms with Gasteiger partial charge in [0, 0.05) is 11.6 Å². The van der Waals surface area contributed by atoms with Crippen LogP contribution in [0, 0.1) is 0 Å². The lowest BCUT2D eigenvalue weighted by Gasteiger charge is -2.30. The normalized spacial score (nSPS) is 15.4. The number of carboxylic acids is 1. The zero-order chi connectivity index (χ0) is 15.2. The van der Waals surface area contributed by atoms with Crippen molar-refractivity contribution in [1.29, 1.82) is 0 Å². The Hall–Kier alpha value is -1.55. The van der Waals surface area contributed by atoms with Gasteiger partial charge < -0.3 is 9.84 Å². The number of nitrogens with one attached hydrogen (secondary N) is 1. The Morgan fingerprint density at radius 2 is 2.05 bits per heavy atom. The summed E-state index contributed by atoms with van der Waals surface area (Å²) in [6.45, 7) is 8.22. The molecule has 4 heteroatoms. The van der Waals surface area contributed by atoms with E-state index in [1.54, 1.807) is 6.92 Å². The number of carbonyl (C=O) groups is 1. The van der Waals surface area contributed by atoms with Gasteiger partial charge >= 0.3 is 5.97 Å². The summed E-state index contributed by atoms with van der Waals surface area (Å²) in [5, 5.41) is 12.7. The van der Waals surface area contributed by atoms with E-state index in [-0.39, 0.29) is 6.04 Å². The quantitative estimate of drug-likeness (QED) is 0.766. The third-order valence-electron chi connectivity index (χ3n) is 3.44. The molecule has 0 fully saturated rings. The Labute approximate surface area is 121 Å². The van der Waals surface area contributed by atoms with Gasteiger partial charge in [-0.15, -0.1) is 0 Å². The number of hydrogen-bond donors (Lipinski definition) is 2. The molecular formula is C16H25NO3. The van der Waals surface area contributed by atoms with Gasteiger partial charge in [0.15, 0.2) is 0 Å². The van der Waals surface area contributed by atoms with Crippen LogP contribution in [0.3, 0.4) is 0 Å². The Bertz CT molecular complexity index is 447. The Kier molecular flexibility index (Phi) is 6.02. The maximum absolute atomic E-state index is 11.5. The highest BCUT2D eigenvalue weighted by Crippen LogP contribution is 2.27. The Balaban J connectivity index is 2.94. The largest absolute Gasteiger partial charge is 0.494 e. The monoisotopic (exact) mass is 279 g/mol. The Morgan fingerprint density at radius 3 is 2.60 bits per heavy atom. The highest BCUT2D eigenvalue weighted by Gasteiger charge is 2.33. The van der Waals surface area contributed by atoms with Crippen LogP contribution in [-0.4, -0.2) is 23.2 Å². The number of benzene rings is 1. The summed E-state index contributed by atoms with van der Waals surface area (Å²) in [5.41, 5.74) is 0.0611. The van der Waals surface area contributed by atoms with Crippen molar-refractivity contribution >= 4 is 5.97 Å². The van der Waals surface area contributed by atoms with Gasteiger partial charge in [-0.25, -0.2) is 0 Å². The molecule has 20 heavy (non-hydrogen) atoms. The Morgan fingerprint density at radius 1 is 1.40 bits per heavy atom. The van der Waals surface area contributed by atoms with Crippen LogP contribution in [-0.2, 0) is 4.79 Å². The predicted octanol–water partition coefficient (Wildman–Crippen LogP) is 3.38. The van der Waals surface area contributed by atoms with E-state index < -0.39 is 11.5 Å². The third kappa shape index (κ3) is 3.97. The SMILES string of the molecule is CCCC(C)(NC(C)c1ccccc1OCC)C(=O)O. The number of ether oxygens (including phenoxy) is 1. The molecule has 0 heterocycles. The van der Waals surface area contributed by atoms with Gasteiger partial charge in [0.25, 0.3) is 0 Å². The molecule has 1 aromatic rings. The number of aliphatic carboxylic acids is 1. The van der Waals surface area contributed by atoms with Crippen molar-refractivity contribution in [2.24, 2.45) is 0 Å². The molecular weight excluding hydrogens is 254 g/mol. The molecule has 2 N–H and O–H groups in total. The van der Waals surface area contributed by atoms with E-state index in [0.29, 0.717) is 13.0 Å². The average molecular weight is 279 g/mol. The van der Waals surface area contributed by atoms with E-state index in [9.17, 15) is 9.90 Å². The number of carboxylic acid groups (broad SMARTS) is 1. The van der Waals surface area contributed by atoms with E-state index in [2.05, 4.69) is 5.32 Å². The molecule has 0 aliphatic rings. The van der Waals surface area contributed by atoms with Crippen molar-refractivity contribution in [2.75, 3.05) is 6.61 Å². The summed E-state index contributed by atoms with van der Waals surface area (Å²) in [6, 6.07) is 7.65. The van der Waals surface area contributed by atoms with Crippen molar-refractivity contribution in [3.63, 3.8) is 0 Å². The first kappa shape index (κ1) is 16.5. The topological polar surface area (TPSA) is 58.6 Å². The molecule has 0 aliphatic carbocycles. The van der Waals surface area contributed by atoms with E-state index in [4.69, 9.17) is 4.74 Å². The van der Waals surface area contributed by atoms with Gasteiger partial charge in [-0.1, -0.05) is 31.5 Å². The van der Waals surface area contributed by atoms with Gasteiger partial charge in [0.2, 0.25) is 0 Å². The molecule has 1 rings (SSSR count). The van der Waals surface area contributed by atoms with Crippen LogP contribution in [0.5, 0.6) is 5.75 Å². The number of hydrogen-bond acceptors (Lipinski definition) is 3. The van der Waals surface area contributed by atoms with E-state index in [1.165, 1.54) is 0 Å². The molecule has 0 aromatic heterocycles. The lowest BCUT2D eigenvalue weighted by molar-refractivity contribution is -0.144. The second kappa shape index (κ2) is 7.29. The van der Waals surface area contributed by atoms with Gasteiger partial charge in [-0.2, -0.15) is 0 Å². The average Bonchev–Trinajstić information content (AvgIpc) is 2.39. The second-order valence-corrected chi connectivity index (χ2v) is 5.22. The fraction of sp³-hybridized carbons (Fsp3) is 0.562. The maximum atomic E-state index is 11.5. The summed E-state index contributed by atoms with van der Waals surface area (Å²) in [4.78, 5) is 11.5. The van der Waals surface area contributed by atoms with Crippen molar-refractivity contribution in [1.82, 2.24) is 5.32 Å². The summed E-state index contributed by atoms with van der Waals surface area (Å²) >= 11 is 0. The number of rotatable bonds is 8. The molecule has 2 unspecified atom stereocenters. The highest BCUT2D eigenvalue weighted by atomic mass is 16.5.